The number of amides is 4. The van der Waals surface area contributed by atoms with E-state index in [1.54, 1.807) is 4.90 Å². The number of likely N-dealkylation sites (tertiary alicyclic amines) is 2. The number of piperazine rings is 1. The average molecular weight is 691 g/mol. The first kappa shape index (κ1) is 34.3. The second-order valence-electron chi connectivity index (χ2n) is 13.0. The summed E-state index contributed by atoms with van der Waals surface area (Å²) in [6, 6.07) is 11.2. The van der Waals surface area contributed by atoms with Gasteiger partial charge in [0.15, 0.2) is 6.10 Å². The van der Waals surface area contributed by atoms with E-state index in [1.807, 2.05) is 29.2 Å². The zero-order valence-corrected chi connectivity index (χ0v) is 27.6. The number of hydrogen-bond acceptors (Lipinski definition) is 6. The molecular weight excluding hydrogens is 649 g/mol. The summed E-state index contributed by atoms with van der Waals surface area (Å²) < 4.78 is 45.9. The number of fused-ring (bicyclic) bond motifs is 1. The van der Waals surface area contributed by atoms with Crippen molar-refractivity contribution < 1.29 is 32.3 Å². The van der Waals surface area contributed by atoms with Gasteiger partial charge in [0, 0.05) is 83.1 Å². The zero-order valence-electron chi connectivity index (χ0n) is 26.8. The summed E-state index contributed by atoms with van der Waals surface area (Å²) in [4.78, 5) is 47.9. The van der Waals surface area contributed by atoms with E-state index in [0.29, 0.717) is 57.2 Å². The fourth-order valence-electron chi connectivity index (χ4n) is 7.31. The number of halogens is 4. The molecule has 0 bridgehead atoms. The van der Waals surface area contributed by atoms with E-state index in [4.69, 9.17) is 16.3 Å². The second-order valence-corrected chi connectivity index (χ2v) is 13.4. The Labute approximate surface area is 283 Å². The Kier molecular flexibility index (Phi) is 10.7. The van der Waals surface area contributed by atoms with Crippen LogP contribution in [0.4, 0.5) is 28.4 Å². The highest BCUT2D eigenvalue weighted by atomic mass is 35.5. The Hall–Kier alpha value is -3.55. The number of rotatable bonds is 6. The number of piperidine rings is 2. The molecule has 2 N–H and O–H groups in total. The van der Waals surface area contributed by atoms with Gasteiger partial charge in [0.2, 0.25) is 0 Å². The van der Waals surface area contributed by atoms with Gasteiger partial charge in [0.05, 0.1) is 10.6 Å². The Bertz CT molecular complexity index is 1470. The first-order valence-corrected chi connectivity index (χ1v) is 17.1. The number of ether oxygens (including phenoxy) is 1. The van der Waals surface area contributed by atoms with Crippen molar-refractivity contribution in [1.29, 1.82) is 0 Å². The third-order valence-electron chi connectivity index (χ3n) is 10.0. The molecule has 4 heterocycles. The lowest BCUT2D eigenvalue weighted by Crippen LogP contribution is -2.54. The van der Waals surface area contributed by atoms with Crippen LogP contribution in [0.25, 0.3) is 0 Å². The van der Waals surface area contributed by atoms with Crippen LogP contribution in [-0.4, -0.2) is 115 Å². The number of benzene rings is 2. The van der Waals surface area contributed by atoms with E-state index in [0.717, 1.165) is 62.8 Å². The maximum Gasteiger partial charge on any atom is 0.417 e. The maximum absolute atomic E-state index is 13.9. The van der Waals surface area contributed by atoms with Gasteiger partial charge in [0.25, 0.3) is 5.91 Å². The standard InChI is InChI=1S/C34H42ClF3N6O4/c35-28-21-23(5-6-27(28)34(36,37)38)22-30(31(45)42-14-8-25(9-15-42)41-19-12-39-13-20-41)48-33(47)43-16-10-26(11-17-43)44-18-7-24-3-1-2-4-29(24)40-32(44)46/h1-6,21,25-26,30,39H,7-20,22H2,(H,40,46). The minimum atomic E-state index is -4.61. The van der Waals surface area contributed by atoms with Crippen molar-refractivity contribution in [2.45, 2.75) is 62.9 Å². The predicted molar refractivity (Wildman–Crippen MR) is 175 cm³/mol. The quantitative estimate of drug-likeness (QED) is 0.450. The lowest BCUT2D eigenvalue weighted by molar-refractivity contribution is -0.142. The number of nitrogens with zero attached hydrogens (tertiary/aromatic N) is 4. The number of nitrogens with one attached hydrogen (secondary N) is 2. The van der Waals surface area contributed by atoms with Gasteiger partial charge in [-0.15, -0.1) is 0 Å². The number of alkyl halides is 3. The summed E-state index contributed by atoms with van der Waals surface area (Å²) in [6.07, 6.45) is -3.20. The van der Waals surface area contributed by atoms with Crippen molar-refractivity contribution in [2.75, 3.05) is 64.2 Å². The lowest BCUT2D eigenvalue weighted by atomic mass is 10.00. The Morgan fingerprint density at radius 1 is 0.896 bits per heavy atom. The molecule has 10 nitrogen and oxygen atoms in total. The molecular formula is C34H42ClF3N6O4. The fourth-order valence-corrected chi connectivity index (χ4v) is 7.62. The number of carbonyl (C=O) groups is 3. The van der Waals surface area contributed by atoms with Crippen molar-refractivity contribution >= 4 is 35.3 Å². The molecule has 0 aliphatic carbocycles. The summed E-state index contributed by atoms with van der Waals surface area (Å²) in [5, 5.41) is 5.88. The van der Waals surface area contributed by atoms with Gasteiger partial charge >= 0.3 is 18.3 Å². The maximum atomic E-state index is 13.9. The average Bonchev–Trinajstić information content (AvgIpc) is 3.25. The van der Waals surface area contributed by atoms with Crippen LogP contribution in [0.5, 0.6) is 0 Å². The van der Waals surface area contributed by atoms with Crippen LogP contribution in [0.1, 0.15) is 42.4 Å². The normalized spacial score (nSPS) is 20.9. The molecule has 4 amide bonds. The molecule has 3 saturated heterocycles. The molecule has 6 rings (SSSR count). The summed E-state index contributed by atoms with van der Waals surface area (Å²) in [7, 11) is 0. The molecule has 1 atom stereocenters. The number of hydrogen-bond donors (Lipinski definition) is 2. The number of anilines is 1. The van der Waals surface area contributed by atoms with Gasteiger partial charge in [-0.05, 0) is 61.4 Å². The van der Waals surface area contributed by atoms with Crippen LogP contribution < -0.4 is 10.6 Å². The molecule has 4 aliphatic heterocycles. The summed E-state index contributed by atoms with van der Waals surface area (Å²) in [6.45, 7) is 6.03. The predicted octanol–water partition coefficient (Wildman–Crippen LogP) is 4.86. The molecule has 2 aromatic carbocycles. The highest BCUT2D eigenvalue weighted by Gasteiger charge is 2.37. The lowest BCUT2D eigenvalue weighted by Gasteiger charge is -2.41. The van der Waals surface area contributed by atoms with Crippen molar-refractivity contribution in [1.82, 2.24) is 24.9 Å². The summed E-state index contributed by atoms with van der Waals surface area (Å²) >= 11 is 5.99. The minimum Gasteiger partial charge on any atom is -0.436 e. The SMILES string of the molecule is O=C(OC(Cc1ccc(C(F)(F)F)c(Cl)c1)C(=O)N1CCC(N2CCNCC2)CC1)N1CCC(N2CCc3ccccc3NC2=O)CC1. The highest BCUT2D eigenvalue weighted by molar-refractivity contribution is 6.31. The van der Waals surface area contributed by atoms with Gasteiger partial charge in [-0.1, -0.05) is 35.9 Å². The van der Waals surface area contributed by atoms with E-state index < -0.39 is 29.0 Å². The third kappa shape index (κ3) is 8.01. The van der Waals surface area contributed by atoms with Gasteiger partial charge < -0.3 is 30.1 Å². The van der Waals surface area contributed by atoms with E-state index >= 15 is 0 Å². The van der Waals surface area contributed by atoms with Crippen LogP contribution in [-0.2, 0) is 28.5 Å². The fraction of sp³-hybridized carbons (Fsp3) is 0.559. The molecule has 4 aliphatic rings. The first-order chi connectivity index (χ1) is 23.1. The van der Waals surface area contributed by atoms with E-state index in [2.05, 4.69) is 15.5 Å². The molecule has 1 unspecified atom stereocenters. The first-order valence-electron chi connectivity index (χ1n) is 16.8. The highest BCUT2D eigenvalue weighted by Crippen LogP contribution is 2.35. The summed E-state index contributed by atoms with van der Waals surface area (Å²) in [5.41, 5.74) is 1.28. The molecule has 0 aromatic heterocycles. The zero-order chi connectivity index (χ0) is 33.8. The number of urea groups is 1. The van der Waals surface area contributed by atoms with Crippen LogP contribution in [0.2, 0.25) is 5.02 Å². The Morgan fingerprint density at radius 2 is 1.56 bits per heavy atom. The largest absolute Gasteiger partial charge is 0.436 e. The Morgan fingerprint density at radius 3 is 2.25 bits per heavy atom. The van der Waals surface area contributed by atoms with Crippen molar-refractivity contribution in [3.8, 4) is 0 Å². The van der Waals surface area contributed by atoms with Crippen LogP contribution in [0, 0.1) is 0 Å². The van der Waals surface area contributed by atoms with Crippen molar-refractivity contribution in [3.05, 3.63) is 64.2 Å². The third-order valence-corrected chi connectivity index (χ3v) is 10.3. The molecule has 14 heteroatoms. The van der Waals surface area contributed by atoms with Crippen molar-refractivity contribution in [2.24, 2.45) is 0 Å². The van der Waals surface area contributed by atoms with Crippen molar-refractivity contribution in [3.63, 3.8) is 0 Å². The monoisotopic (exact) mass is 690 g/mol. The summed E-state index contributed by atoms with van der Waals surface area (Å²) in [5.74, 6) is -0.367. The van der Waals surface area contributed by atoms with E-state index in [1.165, 1.54) is 17.0 Å². The minimum absolute atomic E-state index is 0.0629. The molecule has 48 heavy (non-hydrogen) atoms. The van der Waals surface area contributed by atoms with Gasteiger partial charge in [-0.3, -0.25) is 9.69 Å². The van der Waals surface area contributed by atoms with Crippen LogP contribution >= 0.6 is 11.6 Å². The number of carbonyl (C=O) groups excluding carboxylic acids is 3. The topological polar surface area (TPSA) is 97.5 Å². The van der Waals surface area contributed by atoms with Gasteiger partial charge in [0.1, 0.15) is 0 Å². The van der Waals surface area contributed by atoms with E-state index in [-0.39, 0.29) is 24.4 Å². The molecule has 0 radical (unpaired) electrons. The molecule has 3 fully saturated rings. The molecule has 0 saturated carbocycles. The van der Waals surface area contributed by atoms with E-state index in [9.17, 15) is 27.6 Å². The molecule has 0 spiro atoms. The second kappa shape index (κ2) is 14.9. The smallest absolute Gasteiger partial charge is 0.417 e. The Balaban J connectivity index is 1.10. The van der Waals surface area contributed by atoms with Crippen LogP contribution in [0.3, 0.4) is 0 Å². The van der Waals surface area contributed by atoms with Crippen LogP contribution in [0.15, 0.2) is 42.5 Å². The van der Waals surface area contributed by atoms with Gasteiger partial charge in [-0.2, -0.15) is 13.2 Å². The number of para-hydroxylation sites is 1. The molecule has 260 valence electrons. The molecule has 2 aromatic rings. The van der Waals surface area contributed by atoms with Gasteiger partial charge in [-0.25, -0.2) is 9.59 Å².